The van der Waals surface area contributed by atoms with E-state index in [1.54, 1.807) is 6.92 Å². The largest absolute Gasteiger partial charge is 0.368 e. The lowest BCUT2D eigenvalue weighted by atomic mass is 10.1. The van der Waals surface area contributed by atoms with E-state index in [1.807, 2.05) is 5.32 Å². The minimum absolute atomic E-state index is 0.0151. The molecule has 0 bridgehead atoms. The van der Waals surface area contributed by atoms with Gasteiger partial charge in [-0.1, -0.05) is 6.92 Å². The summed E-state index contributed by atoms with van der Waals surface area (Å²) in [7, 11) is 0. The Morgan fingerprint density at radius 1 is 1.18 bits per heavy atom. The molecule has 2 amide bonds. The van der Waals surface area contributed by atoms with Gasteiger partial charge in [-0.05, 0) is 6.42 Å². The quantitative estimate of drug-likeness (QED) is 0.798. The van der Waals surface area contributed by atoms with E-state index >= 15 is 0 Å². The summed E-state index contributed by atoms with van der Waals surface area (Å²) < 4.78 is 39.7. The number of nitrogens with two attached hydrogens (primary N) is 1. The Balaban J connectivity index is 2.88. The average molecular weight is 316 g/mol. The van der Waals surface area contributed by atoms with Crippen LogP contribution in [0.1, 0.15) is 36.5 Å². The fraction of sp³-hybridized carbons (Fsp3) is 0.357. The zero-order valence-electron chi connectivity index (χ0n) is 11.8. The monoisotopic (exact) mass is 316 g/mol. The van der Waals surface area contributed by atoms with Crippen LogP contribution >= 0.6 is 0 Å². The van der Waals surface area contributed by atoms with Crippen LogP contribution in [-0.4, -0.2) is 23.6 Å². The van der Waals surface area contributed by atoms with Gasteiger partial charge in [0.1, 0.15) is 34.8 Å². The van der Waals surface area contributed by atoms with Crippen molar-refractivity contribution >= 4 is 17.6 Å². The van der Waals surface area contributed by atoms with E-state index in [9.17, 15) is 27.6 Å². The smallest absolute Gasteiger partial charge is 0.257 e. The van der Waals surface area contributed by atoms with Crippen molar-refractivity contribution in [2.75, 3.05) is 0 Å². The number of hydrogen-bond donors (Lipinski definition) is 2. The Labute approximate surface area is 124 Å². The molecule has 0 aliphatic carbocycles. The first kappa shape index (κ1) is 17.7. The first-order chi connectivity index (χ1) is 10.3. The molecule has 0 radical (unpaired) electrons. The molecular formula is C14H15F3N2O3. The fourth-order valence-electron chi connectivity index (χ4n) is 1.76. The van der Waals surface area contributed by atoms with Gasteiger partial charge in [-0.15, -0.1) is 0 Å². The number of primary amides is 1. The predicted molar refractivity (Wildman–Crippen MR) is 71.3 cm³/mol. The summed E-state index contributed by atoms with van der Waals surface area (Å²) in [5.74, 6) is -6.32. The summed E-state index contributed by atoms with van der Waals surface area (Å²) in [6.07, 6.45) is 0.150. The van der Waals surface area contributed by atoms with E-state index in [-0.39, 0.29) is 25.0 Å². The molecule has 8 heteroatoms. The molecule has 22 heavy (non-hydrogen) atoms. The molecule has 1 aromatic rings. The van der Waals surface area contributed by atoms with Gasteiger partial charge in [0.15, 0.2) is 0 Å². The molecule has 1 aromatic carbocycles. The Hall–Kier alpha value is -2.38. The highest BCUT2D eigenvalue weighted by molar-refractivity contribution is 5.97. The molecule has 0 saturated heterocycles. The lowest BCUT2D eigenvalue weighted by Crippen LogP contribution is -2.45. The molecule has 1 rings (SSSR count). The third-order valence-electron chi connectivity index (χ3n) is 2.99. The molecule has 5 nitrogen and oxygen atoms in total. The molecule has 3 N–H and O–H groups in total. The average Bonchev–Trinajstić information content (AvgIpc) is 2.41. The van der Waals surface area contributed by atoms with Gasteiger partial charge in [-0.2, -0.15) is 0 Å². The maximum absolute atomic E-state index is 13.5. The summed E-state index contributed by atoms with van der Waals surface area (Å²) in [5.41, 5.74) is 4.06. The second kappa shape index (κ2) is 7.58. The van der Waals surface area contributed by atoms with Crippen molar-refractivity contribution in [2.45, 2.75) is 32.2 Å². The Kier molecular flexibility index (Phi) is 6.09. The maximum atomic E-state index is 13.5. The van der Waals surface area contributed by atoms with Gasteiger partial charge in [0.25, 0.3) is 5.91 Å². The predicted octanol–water partition coefficient (Wildman–Crippen LogP) is 1.45. The van der Waals surface area contributed by atoms with E-state index in [4.69, 9.17) is 5.73 Å². The zero-order valence-corrected chi connectivity index (χ0v) is 11.8. The molecule has 0 aromatic heterocycles. The van der Waals surface area contributed by atoms with E-state index in [1.165, 1.54) is 0 Å². The number of amides is 2. The minimum atomic E-state index is -1.40. The van der Waals surface area contributed by atoms with Crippen LogP contribution in [0.4, 0.5) is 13.2 Å². The molecule has 0 unspecified atom stereocenters. The summed E-state index contributed by atoms with van der Waals surface area (Å²) in [4.78, 5) is 34.3. The van der Waals surface area contributed by atoms with Crippen LogP contribution in [0.15, 0.2) is 12.1 Å². The highest BCUT2D eigenvalue weighted by atomic mass is 19.1. The summed E-state index contributed by atoms with van der Waals surface area (Å²) in [5, 5.41) is 2.05. The molecular weight excluding hydrogens is 301 g/mol. The van der Waals surface area contributed by atoms with Crippen LogP contribution in [0.2, 0.25) is 0 Å². The van der Waals surface area contributed by atoms with Crippen LogP contribution in [0.3, 0.4) is 0 Å². The van der Waals surface area contributed by atoms with Crippen molar-refractivity contribution in [3.05, 3.63) is 35.1 Å². The number of carbonyl (C=O) groups excluding carboxylic acids is 3. The molecule has 0 aliphatic rings. The minimum Gasteiger partial charge on any atom is -0.368 e. The van der Waals surface area contributed by atoms with E-state index in [0.717, 1.165) is 0 Å². The molecule has 0 saturated carbocycles. The van der Waals surface area contributed by atoms with E-state index in [2.05, 4.69) is 0 Å². The van der Waals surface area contributed by atoms with Crippen LogP contribution in [0.25, 0.3) is 0 Å². The molecule has 120 valence electrons. The summed E-state index contributed by atoms with van der Waals surface area (Å²) in [6, 6.07) is -0.567. The van der Waals surface area contributed by atoms with Crippen LogP contribution in [0.5, 0.6) is 0 Å². The second-order valence-corrected chi connectivity index (χ2v) is 4.60. The maximum Gasteiger partial charge on any atom is 0.257 e. The number of Topliss-reactive ketones (excluding diaryl/α,β-unsaturated/α-hetero) is 1. The van der Waals surface area contributed by atoms with Gasteiger partial charge in [-0.3, -0.25) is 14.4 Å². The van der Waals surface area contributed by atoms with Gasteiger partial charge in [0.05, 0.1) is 0 Å². The van der Waals surface area contributed by atoms with Crippen molar-refractivity contribution in [3.63, 3.8) is 0 Å². The van der Waals surface area contributed by atoms with Crippen molar-refractivity contribution in [3.8, 4) is 0 Å². The molecule has 0 fully saturated rings. The number of rotatable bonds is 7. The number of benzene rings is 1. The SMILES string of the molecule is CCC(=O)CC[C@@H](NC(=O)c1c(F)cc(F)cc1F)C(N)=O. The highest BCUT2D eigenvalue weighted by Crippen LogP contribution is 2.15. The summed E-state index contributed by atoms with van der Waals surface area (Å²) in [6.45, 7) is 1.63. The van der Waals surface area contributed by atoms with E-state index in [0.29, 0.717) is 12.1 Å². The normalized spacial score (nSPS) is 11.8. The third kappa shape index (κ3) is 4.57. The lowest BCUT2D eigenvalue weighted by Gasteiger charge is -2.15. The Bertz CT molecular complexity index is 582. The highest BCUT2D eigenvalue weighted by Gasteiger charge is 2.24. The first-order valence-electron chi connectivity index (χ1n) is 6.52. The lowest BCUT2D eigenvalue weighted by molar-refractivity contribution is -0.121. The van der Waals surface area contributed by atoms with Crippen molar-refractivity contribution in [1.29, 1.82) is 0 Å². The fourth-order valence-corrected chi connectivity index (χ4v) is 1.76. The number of hydrogen-bond acceptors (Lipinski definition) is 3. The number of ketones is 1. The van der Waals surface area contributed by atoms with Gasteiger partial charge >= 0.3 is 0 Å². The molecule has 0 aliphatic heterocycles. The Morgan fingerprint density at radius 2 is 1.73 bits per heavy atom. The van der Waals surface area contributed by atoms with Gasteiger partial charge in [0, 0.05) is 25.0 Å². The van der Waals surface area contributed by atoms with Crippen LogP contribution < -0.4 is 11.1 Å². The van der Waals surface area contributed by atoms with Crippen LogP contribution in [0, 0.1) is 17.5 Å². The van der Waals surface area contributed by atoms with Crippen molar-refractivity contribution in [1.82, 2.24) is 5.32 Å². The topological polar surface area (TPSA) is 89.3 Å². The second-order valence-electron chi connectivity index (χ2n) is 4.60. The van der Waals surface area contributed by atoms with E-state index < -0.39 is 40.9 Å². The Morgan fingerprint density at radius 3 is 2.18 bits per heavy atom. The van der Waals surface area contributed by atoms with Gasteiger partial charge in [0.2, 0.25) is 5.91 Å². The standard InChI is InChI=1S/C14H15F3N2O3/c1-2-8(20)3-4-11(13(18)21)19-14(22)12-9(16)5-7(15)6-10(12)17/h5-6,11H,2-4H2,1H3,(H2,18,21)(H,19,22)/t11-/m1/s1. The first-order valence-corrected chi connectivity index (χ1v) is 6.52. The molecule has 1 atom stereocenters. The van der Waals surface area contributed by atoms with Crippen LogP contribution in [-0.2, 0) is 9.59 Å². The molecule has 0 heterocycles. The number of halogens is 3. The number of carbonyl (C=O) groups is 3. The van der Waals surface area contributed by atoms with Gasteiger partial charge < -0.3 is 11.1 Å². The third-order valence-corrected chi connectivity index (χ3v) is 2.99. The van der Waals surface area contributed by atoms with Crippen molar-refractivity contribution in [2.24, 2.45) is 5.73 Å². The van der Waals surface area contributed by atoms with Gasteiger partial charge in [-0.25, -0.2) is 13.2 Å². The molecule has 0 spiro atoms. The summed E-state index contributed by atoms with van der Waals surface area (Å²) >= 11 is 0. The zero-order chi connectivity index (χ0) is 16.9. The number of nitrogens with one attached hydrogen (secondary N) is 1. The van der Waals surface area contributed by atoms with Crippen molar-refractivity contribution < 1.29 is 27.6 Å².